The Hall–Kier alpha value is -3.21. The molecule has 0 saturated carbocycles. The Balaban J connectivity index is 1.64. The molecular weight excluding hydrogens is 302 g/mol. The molecule has 5 heteroatoms. The molecule has 3 aromatic rings. The smallest absolute Gasteiger partial charge is 0.259 e. The molecule has 1 amide bonds. The second-order valence-electron chi connectivity index (χ2n) is 5.26. The summed E-state index contributed by atoms with van der Waals surface area (Å²) in [5.41, 5.74) is 2.39. The van der Waals surface area contributed by atoms with Gasteiger partial charge in [-0.1, -0.05) is 30.3 Å². The number of amides is 1. The maximum atomic E-state index is 12.4. The topological polar surface area (TPSA) is 55.3 Å². The third kappa shape index (κ3) is 3.76. The predicted molar refractivity (Wildman–Crippen MR) is 92.0 cm³/mol. The van der Waals surface area contributed by atoms with Gasteiger partial charge in [0.25, 0.3) is 5.91 Å². The van der Waals surface area contributed by atoms with Crippen molar-refractivity contribution in [2.24, 2.45) is 0 Å². The number of hydrogen-bond donors (Lipinski definition) is 0. The Morgan fingerprint density at radius 3 is 2.42 bits per heavy atom. The lowest BCUT2D eigenvalue weighted by atomic mass is 10.2. The lowest BCUT2D eigenvalue weighted by Gasteiger charge is -2.17. The highest BCUT2D eigenvalue weighted by atomic mass is 16.5. The summed E-state index contributed by atoms with van der Waals surface area (Å²) in [5.74, 6) is 0.622. The van der Waals surface area contributed by atoms with Crippen LogP contribution in [0.1, 0.15) is 15.9 Å². The van der Waals surface area contributed by atoms with Gasteiger partial charge in [-0.05, 0) is 35.9 Å². The summed E-state index contributed by atoms with van der Waals surface area (Å²) >= 11 is 0. The molecule has 0 spiro atoms. The van der Waals surface area contributed by atoms with E-state index in [0.717, 1.165) is 17.0 Å². The van der Waals surface area contributed by atoms with E-state index in [1.807, 2.05) is 54.6 Å². The van der Waals surface area contributed by atoms with E-state index >= 15 is 0 Å². The fourth-order valence-corrected chi connectivity index (χ4v) is 2.23. The summed E-state index contributed by atoms with van der Waals surface area (Å²) in [7, 11) is 1.72. The van der Waals surface area contributed by atoms with Gasteiger partial charge in [0.1, 0.15) is 12.4 Å². The highest BCUT2D eigenvalue weighted by molar-refractivity contribution is 6.05. The lowest BCUT2D eigenvalue weighted by molar-refractivity contribution is 0.0992. The van der Waals surface area contributed by atoms with Gasteiger partial charge in [-0.3, -0.25) is 4.79 Å². The summed E-state index contributed by atoms with van der Waals surface area (Å²) in [6, 6.07) is 19.0. The van der Waals surface area contributed by atoms with Crippen LogP contribution < -0.4 is 9.64 Å². The molecule has 0 fully saturated rings. The first-order valence-electron chi connectivity index (χ1n) is 7.55. The third-order valence-electron chi connectivity index (χ3n) is 3.61. The van der Waals surface area contributed by atoms with Gasteiger partial charge in [0, 0.05) is 12.7 Å². The van der Waals surface area contributed by atoms with Crippen molar-refractivity contribution in [2.75, 3.05) is 11.9 Å². The molecule has 5 nitrogen and oxygen atoms in total. The fourth-order valence-electron chi connectivity index (χ4n) is 2.23. The van der Waals surface area contributed by atoms with E-state index in [-0.39, 0.29) is 5.91 Å². The molecule has 1 heterocycles. The average Bonchev–Trinajstić information content (AvgIpc) is 2.67. The number of hydrogen-bond acceptors (Lipinski definition) is 4. The van der Waals surface area contributed by atoms with Crippen molar-refractivity contribution in [3.8, 4) is 5.75 Å². The first-order valence-corrected chi connectivity index (χ1v) is 7.55. The minimum Gasteiger partial charge on any atom is -0.489 e. The van der Waals surface area contributed by atoms with Gasteiger partial charge in [0.15, 0.2) is 0 Å². The van der Waals surface area contributed by atoms with Gasteiger partial charge < -0.3 is 9.64 Å². The van der Waals surface area contributed by atoms with E-state index in [9.17, 15) is 4.79 Å². The SMILES string of the molecule is CN(C(=O)c1ccnnc1)c1ccc(OCc2ccccc2)cc1. The molecular formula is C19H17N3O2. The molecule has 0 aliphatic carbocycles. The van der Waals surface area contributed by atoms with Crippen LogP contribution in [0.3, 0.4) is 0 Å². The predicted octanol–water partition coefficient (Wildman–Crippen LogP) is 3.33. The molecule has 0 radical (unpaired) electrons. The number of carbonyl (C=O) groups is 1. The van der Waals surface area contributed by atoms with E-state index in [1.54, 1.807) is 18.0 Å². The zero-order valence-corrected chi connectivity index (χ0v) is 13.3. The van der Waals surface area contributed by atoms with Gasteiger partial charge in [-0.15, -0.1) is 0 Å². The van der Waals surface area contributed by atoms with Crippen molar-refractivity contribution in [1.29, 1.82) is 0 Å². The molecule has 2 aromatic carbocycles. The molecule has 120 valence electrons. The summed E-state index contributed by atoms with van der Waals surface area (Å²) < 4.78 is 5.75. The van der Waals surface area contributed by atoms with Crippen molar-refractivity contribution in [3.05, 3.63) is 84.2 Å². The van der Waals surface area contributed by atoms with Crippen LogP contribution >= 0.6 is 0 Å². The lowest BCUT2D eigenvalue weighted by Crippen LogP contribution is -2.26. The fraction of sp³-hybridized carbons (Fsp3) is 0.105. The summed E-state index contributed by atoms with van der Waals surface area (Å²) in [6.07, 6.45) is 2.96. The number of nitrogens with zero attached hydrogens (tertiary/aromatic N) is 3. The van der Waals surface area contributed by atoms with Gasteiger partial charge in [-0.2, -0.15) is 10.2 Å². The first-order chi connectivity index (χ1) is 11.7. The number of benzene rings is 2. The largest absolute Gasteiger partial charge is 0.489 e. The zero-order chi connectivity index (χ0) is 16.8. The molecule has 0 N–H and O–H groups in total. The molecule has 0 bridgehead atoms. The Bertz CT molecular complexity index is 790. The number of carbonyl (C=O) groups excluding carboxylic acids is 1. The second-order valence-corrected chi connectivity index (χ2v) is 5.26. The Morgan fingerprint density at radius 2 is 1.75 bits per heavy atom. The molecule has 0 atom stereocenters. The van der Waals surface area contributed by atoms with Crippen molar-refractivity contribution in [2.45, 2.75) is 6.61 Å². The monoisotopic (exact) mass is 319 g/mol. The van der Waals surface area contributed by atoms with E-state index in [1.165, 1.54) is 12.4 Å². The summed E-state index contributed by atoms with van der Waals surface area (Å²) in [6.45, 7) is 0.512. The van der Waals surface area contributed by atoms with Gasteiger partial charge >= 0.3 is 0 Å². The van der Waals surface area contributed by atoms with Crippen LogP contribution in [-0.4, -0.2) is 23.2 Å². The van der Waals surface area contributed by atoms with Gasteiger partial charge in [-0.25, -0.2) is 0 Å². The van der Waals surface area contributed by atoms with E-state index in [2.05, 4.69) is 10.2 Å². The molecule has 0 unspecified atom stereocenters. The number of aromatic nitrogens is 2. The molecule has 0 aliphatic rings. The van der Waals surface area contributed by atoms with E-state index < -0.39 is 0 Å². The van der Waals surface area contributed by atoms with Crippen LogP contribution in [0.4, 0.5) is 5.69 Å². The zero-order valence-electron chi connectivity index (χ0n) is 13.3. The average molecular weight is 319 g/mol. The Labute approximate surface area is 140 Å². The van der Waals surface area contributed by atoms with Crippen LogP contribution in [0.5, 0.6) is 5.75 Å². The minimum absolute atomic E-state index is 0.136. The summed E-state index contributed by atoms with van der Waals surface area (Å²) in [5, 5.41) is 7.41. The molecule has 0 saturated heterocycles. The van der Waals surface area contributed by atoms with Gasteiger partial charge in [0.2, 0.25) is 0 Å². The van der Waals surface area contributed by atoms with Crippen molar-refractivity contribution < 1.29 is 9.53 Å². The highest BCUT2D eigenvalue weighted by Gasteiger charge is 2.13. The number of ether oxygens (including phenoxy) is 1. The van der Waals surface area contributed by atoms with E-state index in [0.29, 0.717) is 12.2 Å². The Morgan fingerprint density at radius 1 is 1.00 bits per heavy atom. The summed E-state index contributed by atoms with van der Waals surface area (Å²) in [4.78, 5) is 13.9. The van der Waals surface area contributed by atoms with Crippen molar-refractivity contribution >= 4 is 11.6 Å². The minimum atomic E-state index is -0.136. The van der Waals surface area contributed by atoms with E-state index in [4.69, 9.17) is 4.74 Å². The van der Waals surface area contributed by atoms with Gasteiger partial charge in [0.05, 0.1) is 18.0 Å². The van der Waals surface area contributed by atoms with Crippen LogP contribution in [0.15, 0.2) is 73.1 Å². The third-order valence-corrected chi connectivity index (χ3v) is 3.61. The Kier molecular flexibility index (Phi) is 4.81. The molecule has 3 rings (SSSR count). The normalized spacial score (nSPS) is 10.2. The molecule has 24 heavy (non-hydrogen) atoms. The van der Waals surface area contributed by atoms with Crippen molar-refractivity contribution in [1.82, 2.24) is 10.2 Å². The van der Waals surface area contributed by atoms with Crippen LogP contribution in [0, 0.1) is 0 Å². The second kappa shape index (κ2) is 7.37. The maximum absolute atomic E-state index is 12.4. The number of anilines is 1. The standard InChI is InChI=1S/C19H17N3O2/c1-22(19(23)16-11-12-20-21-13-16)17-7-9-18(10-8-17)24-14-15-5-3-2-4-6-15/h2-13H,14H2,1H3. The highest BCUT2D eigenvalue weighted by Crippen LogP contribution is 2.20. The van der Waals surface area contributed by atoms with Crippen molar-refractivity contribution in [3.63, 3.8) is 0 Å². The molecule has 0 aliphatic heterocycles. The van der Waals surface area contributed by atoms with Crippen LogP contribution in [-0.2, 0) is 6.61 Å². The van der Waals surface area contributed by atoms with Crippen LogP contribution in [0.2, 0.25) is 0 Å². The van der Waals surface area contributed by atoms with Crippen LogP contribution in [0.25, 0.3) is 0 Å². The quantitative estimate of drug-likeness (QED) is 0.724. The first kappa shape index (κ1) is 15.7. The molecule has 1 aromatic heterocycles. The maximum Gasteiger partial charge on any atom is 0.259 e. The number of rotatable bonds is 5.